The molecule has 2 fully saturated rings. The van der Waals surface area contributed by atoms with Gasteiger partial charge in [0.25, 0.3) is 0 Å². The van der Waals surface area contributed by atoms with Crippen LogP contribution in [-0.4, -0.2) is 0 Å². The Kier molecular flexibility index (Phi) is 7.86. The Morgan fingerprint density at radius 1 is 0.957 bits per heavy atom. The zero-order valence-corrected chi connectivity index (χ0v) is 14.6. The third kappa shape index (κ3) is 6.50. The Morgan fingerprint density at radius 2 is 1.48 bits per heavy atom. The molecule has 23 heavy (non-hydrogen) atoms. The Balaban J connectivity index is 1.61. The molecule has 0 unspecified atom stereocenters. The number of hydrogen-bond donors (Lipinski definition) is 0. The first-order valence-electron chi connectivity index (χ1n) is 9.65. The first-order valence-corrected chi connectivity index (χ1v) is 9.65. The van der Waals surface area contributed by atoms with Crippen molar-refractivity contribution in [1.29, 1.82) is 5.26 Å². The SMILES string of the molecule is CCC1CCC(CCC2CCC(C=CC=C(F)C#N)CC2)CC1. The summed E-state index contributed by atoms with van der Waals surface area (Å²) < 4.78 is 12.7. The highest BCUT2D eigenvalue weighted by atomic mass is 19.1. The van der Waals surface area contributed by atoms with Crippen LogP contribution in [0.25, 0.3) is 0 Å². The third-order valence-corrected chi connectivity index (χ3v) is 6.15. The molecule has 0 aromatic rings. The van der Waals surface area contributed by atoms with Crippen LogP contribution >= 0.6 is 0 Å². The minimum absolute atomic E-state index is 0.578. The lowest BCUT2D eigenvalue weighted by Crippen LogP contribution is -2.17. The Hall–Kier alpha value is -1.10. The molecular formula is C21H32FN. The minimum Gasteiger partial charge on any atom is -0.195 e. The summed E-state index contributed by atoms with van der Waals surface area (Å²) >= 11 is 0. The van der Waals surface area contributed by atoms with Gasteiger partial charge in [0.05, 0.1) is 0 Å². The number of rotatable bonds is 6. The van der Waals surface area contributed by atoms with Crippen LogP contribution in [0.4, 0.5) is 4.39 Å². The van der Waals surface area contributed by atoms with Crippen LogP contribution in [0.1, 0.15) is 77.6 Å². The lowest BCUT2D eigenvalue weighted by atomic mass is 9.75. The Labute approximate surface area is 141 Å². The van der Waals surface area contributed by atoms with Crippen molar-refractivity contribution in [2.24, 2.45) is 23.7 Å². The largest absolute Gasteiger partial charge is 0.199 e. The van der Waals surface area contributed by atoms with E-state index >= 15 is 0 Å². The van der Waals surface area contributed by atoms with Crippen LogP contribution < -0.4 is 0 Å². The van der Waals surface area contributed by atoms with E-state index in [0.29, 0.717) is 5.92 Å². The fourth-order valence-corrected chi connectivity index (χ4v) is 4.40. The molecule has 0 amide bonds. The molecule has 0 aliphatic heterocycles. The molecule has 2 rings (SSSR count). The van der Waals surface area contributed by atoms with Gasteiger partial charge in [-0.15, -0.1) is 0 Å². The highest BCUT2D eigenvalue weighted by Crippen LogP contribution is 2.37. The highest BCUT2D eigenvalue weighted by molar-refractivity contribution is 5.19. The molecule has 0 aromatic heterocycles. The van der Waals surface area contributed by atoms with Gasteiger partial charge < -0.3 is 0 Å². The maximum atomic E-state index is 12.7. The van der Waals surface area contributed by atoms with Gasteiger partial charge in [-0.25, -0.2) is 0 Å². The standard InChI is InChI=1S/C21H32FN/c1-2-17-6-8-19(9-7-17)14-15-20-12-10-18(11-13-20)4-3-5-21(22)16-23/h3-5,17-20H,2,6-15H2,1H3. The fourth-order valence-electron chi connectivity index (χ4n) is 4.40. The number of allylic oxidation sites excluding steroid dienone is 4. The second-order valence-corrected chi connectivity index (χ2v) is 7.66. The zero-order valence-electron chi connectivity index (χ0n) is 14.6. The van der Waals surface area contributed by atoms with Crippen LogP contribution in [-0.2, 0) is 0 Å². The van der Waals surface area contributed by atoms with E-state index in [1.54, 1.807) is 6.08 Å². The molecule has 0 spiro atoms. The van der Waals surface area contributed by atoms with Crippen molar-refractivity contribution in [3.8, 4) is 6.07 Å². The summed E-state index contributed by atoms with van der Waals surface area (Å²) in [4.78, 5) is 0. The minimum atomic E-state index is -0.701. The van der Waals surface area contributed by atoms with E-state index in [2.05, 4.69) is 13.0 Å². The van der Waals surface area contributed by atoms with Crippen LogP contribution in [0, 0.1) is 35.0 Å². The van der Waals surface area contributed by atoms with Crippen molar-refractivity contribution >= 4 is 0 Å². The number of nitrogens with zero attached hydrogens (tertiary/aromatic N) is 1. The molecule has 0 aromatic carbocycles. The quantitative estimate of drug-likeness (QED) is 0.394. The smallest absolute Gasteiger partial charge is 0.195 e. The molecule has 0 radical (unpaired) electrons. The lowest BCUT2D eigenvalue weighted by Gasteiger charge is -2.31. The molecule has 2 heteroatoms. The second-order valence-electron chi connectivity index (χ2n) is 7.66. The van der Waals surface area contributed by atoms with Crippen molar-refractivity contribution < 1.29 is 4.39 Å². The molecule has 0 bridgehead atoms. The molecule has 2 aliphatic rings. The van der Waals surface area contributed by atoms with Crippen LogP contribution in [0.2, 0.25) is 0 Å². The van der Waals surface area contributed by atoms with Gasteiger partial charge in [0, 0.05) is 0 Å². The normalized spacial score (nSPS) is 32.8. The van der Waals surface area contributed by atoms with E-state index in [1.165, 1.54) is 82.8 Å². The molecule has 1 nitrogen and oxygen atoms in total. The van der Waals surface area contributed by atoms with E-state index in [9.17, 15) is 4.39 Å². The molecule has 0 N–H and O–H groups in total. The molecule has 0 saturated heterocycles. The van der Waals surface area contributed by atoms with Gasteiger partial charge in [-0.1, -0.05) is 64.0 Å². The second kappa shape index (κ2) is 9.91. The predicted molar refractivity (Wildman–Crippen MR) is 94.4 cm³/mol. The lowest BCUT2D eigenvalue weighted by molar-refractivity contribution is 0.224. The molecule has 128 valence electrons. The summed E-state index contributed by atoms with van der Waals surface area (Å²) in [5.41, 5.74) is 0. The van der Waals surface area contributed by atoms with Crippen molar-refractivity contribution in [2.45, 2.75) is 77.6 Å². The third-order valence-electron chi connectivity index (χ3n) is 6.15. The van der Waals surface area contributed by atoms with Crippen molar-refractivity contribution in [3.63, 3.8) is 0 Å². The average Bonchev–Trinajstić information content (AvgIpc) is 2.61. The average molecular weight is 317 g/mol. The van der Waals surface area contributed by atoms with Gasteiger partial charge in [0.1, 0.15) is 6.07 Å². The topological polar surface area (TPSA) is 23.8 Å². The molecule has 2 aliphatic carbocycles. The molecule has 2 saturated carbocycles. The van der Waals surface area contributed by atoms with E-state index < -0.39 is 5.83 Å². The van der Waals surface area contributed by atoms with Gasteiger partial charge >= 0.3 is 0 Å². The summed E-state index contributed by atoms with van der Waals surface area (Å²) in [6, 6.07) is 1.51. The summed E-state index contributed by atoms with van der Waals surface area (Å²) in [6.45, 7) is 2.34. The first kappa shape index (κ1) is 18.2. The van der Waals surface area contributed by atoms with Crippen LogP contribution in [0.15, 0.2) is 24.1 Å². The number of halogens is 1. The Bertz CT molecular complexity index is 429. The van der Waals surface area contributed by atoms with Crippen molar-refractivity contribution in [1.82, 2.24) is 0 Å². The maximum Gasteiger partial charge on any atom is 0.199 e. The van der Waals surface area contributed by atoms with E-state index in [0.717, 1.165) is 17.8 Å². The Morgan fingerprint density at radius 3 is 2.00 bits per heavy atom. The molecular weight excluding hydrogens is 285 g/mol. The van der Waals surface area contributed by atoms with E-state index in [-0.39, 0.29) is 0 Å². The van der Waals surface area contributed by atoms with Gasteiger partial charge in [-0.05, 0) is 55.4 Å². The van der Waals surface area contributed by atoms with Crippen molar-refractivity contribution in [2.75, 3.05) is 0 Å². The summed E-state index contributed by atoms with van der Waals surface area (Å²) in [6.07, 6.45) is 20.3. The van der Waals surface area contributed by atoms with Gasteiger partial charge in [-0.3, -0.25) is 0 Å². The van der Waals surface area contributed by atoms with Gasteiger partial charge in [0.2, 0.25) is 0 Å². The van der Waals surface area contributed by atoms with Crippen LogP contribution in [0.5, 0.6) is 0 Å². The van der Waals surface area contributed by atoms with Gasteiger partial charge in [0.15, 0.2) is 5.83 Å². The summed E-state index contributed by atoms with van der Waals surface area (Å²) in [5.74, 6) is 2.79. The molecule has 0 atom stereocenters. The summed E-state index contributed by atoms with van der Waals surface area (Å²) in [7, 11) is 0. The van der Waals surface area contributed by atoms with Crippen LogP contribution in [0.3, 0.4) is 0 Å². The predicted octanol–water partition coefficient (Wildman–Crippen LogP) is 6.72. The number of nitriles is 1. The van der Waals surface area contributed by atoms with E-state index in [4.69, 9.17) is 5.26 Å². The van der Waals surface area contributed by atoms with E-state index in [1.807, 2.05) is 0 Å². The highest BCUT2D eigenvalue weighted by Gasteiger charge is 2.23. The zero-order chi connectivity index (χ0) is 16.5. The summed E-state index contributed by atoms with van der Waals surface area (Å²) in [5, 5.41) is 8.37. The first-order chi connectivity index (χ1) is 11.2. The maximum absolute atomic E-state index is 12.7. The number of hydrogen-bond acceptors (Lipinski definition) is 1. The van der Waals surface area contributed by atoms with Gasteiger partial charge in [-0.2, -0.15) is 9.65 Å². The monoisotopic (exact) mass is 317 g/mol. The fraction of sp³-hybridized carbons (Fsp3) is 0.762. The van der Waals surface area contributed by atoms with Crippen molar-refractivity contribution in [3.05, 3.63) is 24.1 Å². The molecule has 0 heterocycles.